The maximum Gasteiger partial charge on any atom is 0.410 e. The van der Waals surface area contributed by atoms with Gasteiger partial charge in [0.05, 0.1) is 11.2 Å². The van der Waals surface area contributed by atoms with E-state index in [1.54, 1.807) is 0 Å². The Kier molecular flexibility index (Phi) is 11.1. The highest BCUT2D eigenvalue weighted by atomic mass is 28.3. The number of carbonyl (C=O) groups excluding carboxylic acids is 2. The van der Waals surface area contributed by atoms with E-state index in [9.17, 15) is 9.59 Å². The van der Waals surface area contributed by atoms with Gasteiger partial charge in [-0.3, -0.25) is 9.69 Å². The fourth-order valence-electron chi connectivity index (χ4n) is 8.43. The van der Waals surface area contributed by atoms with Crippen molar-refractivity contribution < 1.29 is 19.1 Å². The number of hydrogen-bond donors (Lipinski definition) is 0. The number of Topliss-reactive ketones (excluding diaryl/α,β-unsaturated/α-hetero) is 1. The average Bonchev–Trinajstić information content (AvgIpc) is 3.80. The third-order valence-corrected chi connectivity index (χ3v) is 13.3. The van der Waals surface area contributed by atoms with Gasteiger partial charge in [0.2, 0.25) is 0 Å². The number of nitrogens with zero attached hydrogens (tertiary/aromatic N) is 6. The molecule has 292 valence electrons. The predicted octanol–water partition coefficient (Wildman–Crippen LogP) is 8.21. The quantitative estimate of drug-likeness (QED) is 0.0933. The molecule has 0 bridgehead atoms. The Morgan fingerprint density at radius 3 is 2.55 bits per heavy atom. The van der Waals surface area contributed by atoms with Crippen LogP contribution in [-0.2, 0) is 53.5 Å². The maximum atomic E-state index is 14.1. The van der Waals surface area contributed by atoms with Gasteiger partial charge < -0.3 is 18.9 Å². The lowest BCUT2D eigenvalue weighted by atomic mass is 9.80. The van der Waals surface area contributed by atoms with E-state index in [4.69, 9.17) is 19.6 Å². The number of imidazole rings is 1. The first kappa shape index (κ1) is 38.1. The van der Waals surface area contributed by atoms with Crippen LogP contribution in [0.1, 0.15) is 58.3 Å². The van der Waals surface area contributed by atoms with E-state index < -0.39 is 14.2 Å². The summed E-state index contributed by atoms with van der Waals surface area (Å²) >= 11 is 0. The summed E-state index contributed by atoms with van der Waals surface area (Å²) in [5.41, 5.74) is 8.61. The molecule has 1 fully saturated rings. The van der Waals surface area contributed by atoms with Crippen molar-refractivity contribution in [2.45, 2.75) is 90.8 Å². The van der Waals surface area contributed by atoms with Gasteiger partial charge in [0.1, 0.15) is 6.73 Å². The predicted molar refractivity (Wildman–Crippen MR) is 222 cm³/mol. The summed E-state index contributed by atoms with van der Waals surface area (Å²) in [5, 5.41) is 5.88. The number of benzene rings is 3. The molecule has 8 rings (SSSR count). The molecule has 11 heteroatoms. The minimum atomic E-state index is -1.18. The van der Waals surface area contributed by atoms with Crippen LogP contribution < -0.4 is 0 Å². The SMILES string of the molecule is Cc1cc(CC(OC(=O)N2CCC(C3=Cc4ccccc4CC3=O)CC2)c2ncc3n2CCN(Cc2ccccc2)C3)cc2cn(COCC[Si](C)(C)C)nc12. The fourth-order valence-corrected chi connectivity index (χ4v) is 9.18. The van der Waals surface area contributed by atoms with Gasteiger partial charge in [-0.1, -0.05) is 80.3 Å². The zero-order valence-electron chi connectivity index (χ0n) is 33.2. The lowest BCUT2D eigenvalue weighted by Crippen LogP contribution is -2.41. The fraction of sp³-hybridized carbons (Fsp3) is 0.422. The molecule has 0 N–H and O–H groups in total. The van der Waals surface area contributed by atoms with E-state index in [2.05, 4.69) is 96.8 Å². The average molecular weight is 771 g/mol. The maximum absolute atomic E-state index is 14.1. The van der Waals surface area contributed by atoms with Crippen LogP contribution >= 0.6 is 0 Å². The van der Waals surface area contributed by atoms with Gasteiger partial charge >= 0.3 is 6.09 Å². The summed E-state index contributed by atoms with van der Waals surface area (Å²) in [6, 6.07) is 24.1. The molecule has 3 aromatic carbocycles. The topological polar surface area (TPSA) is 94.7 Å². The lowest BCUT2D eigenvalue weighted by molar-refractivity contribution is -0.115. The number of aromatic nitrogens is 4. The first-order chi connectivity index (χ1) is 27.1. The van der Waals surface area contributed by atoms with Crippen molar-refractivity contribution in [1.82, 2.24) is 29.1 Å². The van der Waals surface area contributed by atoms with Gasteiger partial charge in [-0.15, -0.1) is 0 Å². The lowest BCUT2D eigenvalue weighted by Gasteiger charge is -2.34. The molecular weight excluding hydrogens is 717 g/mol. The number of ketones is 1. The van der Waals surface area contributed by atoms with Crippen LogP contribution in [0.3, 0.4) is 0 Å². The molecule has 0 radical (unpaired) electrons. The highest BCUT2D eigenvalue weighted by molar-refractivity contribution is 6.76. The largest absolute Gasteiger partial charge is 0.438 e. The molecular formula is C45H54N6O4Si. The van der Waals surface area contributed by atoms with Crippen molar-refractivity contribution in [1.29, 1.82) is 0 Å². The second-order valence-corrected chi connectivity index (χ2v) is 22.7. The van der Waals surface area contributed by atoms with Crippen LogP contribution in [-0.4, -0.2) is 75.3 Å². The first-order valence-electron chi connectivity index (χ1n) is 20.2. The Balaban J connectivity index is 0.994. The van der Waals surface area contributed by atoms with E-state index in [0.29, 0.717) is 32.7 Å². The van der Waals surface area contributed by atoms with E-state index in [0.717, 1.165) is 102 Å². The van der Waals surface area contributed by atoms with Crippen molar-refractivity contribution >= 4 is 36.9 Å². The molecule has 1 amide bonds. The van der Waals surface area contributed by atoms with Crippen LogP contribution in [0.4, 0.5) is 4.79 Å². The number of hydrogen-bond acceptors (Lipinski definition) is 7. The summed E-state index contributed by atoms with van der Waals surface area (Å²) in [7, 11) is -1.18. The van der Waals surface area contributed by atoms with Crippen molar-refractivity contribution in [3.05, 3.63) is 124 Å². The Labute approximate surface area is 331 Å². The zero-order valence-corrected chi connectivity index (χ0v) is 34.2. The van der Waals surface area contributed by atoms with E-state index in [1.165, 1.54) is 5.56 Å². The summed E-state index contributed by atoms with van der Waals surface area (Å²) in [6.45, 7) is 14.7. The first-order valence-corrected chi connectivity index (χ1v) is 23.9. The number of rotatable bonds is 12. The molecule has 10 nitrogen and oxygen atoms in total. The number of piperidine rings is 1. The van der Waals surface area contributed by atoms with Crippen LogP contribution in [0.15, 0.2) is 84.7 Å². The third kappa shape index (κ3) is 8.75. The molecule has 3 aliphatic rings. The number of ether oxygens (including phenoxy) is 2. The molecule has 0 spiro atoms. The number of amides is 1. The van der Waals surface area contributed by atoms with Crippen LogP contribution in [0.5, 0.6) is 0 Å². The molecule has 2 aliphatic heterocycles. The van der Waals surface area contributed by atoms with Gasteiger partial charge in [-0.05, 0) is 77.3 Å². The molecule has 4 heterocycles. The molecule has 1 unspecified atom stereocenters. The van der Waals surface area contributed by atoms with Crippen molar-refractivity contribution in [2.75, 3.05) is 26.2 Å². The minimum Gasteiger partial charge on any atom is -0.438 e. The van der Waals surface area contributed by atoms with Gasteiger partial charge in [0.25, 0.3) is 0 Å². The van der Waals surface area contributed by atoms with E-state index in [1.807, 2.05) is 34.0 Å². The van der Waals surface area contributed by atoms with Crippen LogP contribution in [0.2, 0.25) is 25.7 Å². The second-order valence-electron chi connectivity index (χ2n) is 17.1. The van der Waals surface area contributed by atoms with Crippen molar-refractivity contribution in [3.8, 4) is 0 Å². The number of carbonyl (C=O) groups is 2. The Morgan fingerprint density at radius 2 is 1.75 bits per heavy atom. The smallest absolute Gasteiger partial charge is 0.410 e. The van der Waals surface area contributed by atoms with Crippen LogP contribution in [0, 0.1) is 12.8 Å². The van der Waals surface area contributed by atoms with Crippen molar-refractivity contribution in [3.63, 3.8) is 0 Å². The summed E-state index contributed by atoms with van der Waals surface area (Å²) < 4.78 is 16.6. The number of aryl methyl sites for hydroxylation is 1. The Hall–Kier alpha value is -4.84. The standard InChI is InChI=1S/C45H54N6O4Si/c1-32-22-34(23-38-29-50(47-43(32)38)31-54-20-21-56(2,3)4)24-42(44-46-27-39-30-48(18-19-51(39)44)28-33-10-6-5-7-11-33)55-45(53)49-16-14-35(15-17-49)40-25-36-12-8-9-13-37(36)26-41(40)52/h5-13,22-23,25,27,29,35,42H,14-21,24,26,28,30-31H2,1-4H3. The minimum absolute atomic E-state index is 0.134. The van der Waals surface area contributed by atoms with Crippen LogP contribution in [0.25, 0.3) is 17.0 Å². The van der Waals surface area contributed by atoms with Gasteiger partial charge in [0, 0.05) is 84.6 Å². The zero-order chi connectivity index (χ0) is 38.8. The molecule has 5 aromatic rings. The summed E-state index contributed by atoms with van der Waals surface area (Å²) in [4.78, 5) is 36.4. The third-order valence-electron chi connectivity index (χ3n) is 11.6. The number of fused-ring (bicyclic) bond motifs is 3. The molecule has 56 heavy (non-hydrogen) atoms. The number of likely N-dealkylation sites (tertiary alicyclic amines) is 1. The van der Waals surface area contributed by atoms with Crippen molar-refractivity contribution in [2.24, 2.45) is 5.92 Å². The molecule has 1 saturated heterocycles. The molecule has 1 aliphatic carbocycles. The Morgan fingerprint density at radius 1 is 0.964 bits per heavy atom. The monoisotopic (exact) mass is 770 g/mol. The summed E-state index contributed by atoms with van der Waals surface area (Å²) in [6.07, 6.45) is 7.57. The molecule has 0 saturated carbocycles. The van der Waals surface area contributed by atoms with Gasteiger partial charge in [-0.2, -0.15) is 5.10 Å². The van der Waals surface area contributed by atoms with Gasteiger partial charge in [0.15, 0.2) is 17.7 Å². The van der Waals surface area contributed by atoms with E-state index in [-0.39, 0.29) is 17.8 Å². The highest BCUT2D eigenvalue weighted by Gasteiger charge is 2.33. The summed E-state index contributed by atoms with van der Waals surface area (Å²) in [5.74, 6) is 1.11. The highest BCUT2D eigenvalue weighted by Crippen LogP contribution is 2.34. The Bertz CT molecular complexity index is 2230. The van der Waals surface area contributed by atoms with Gasteiger partial charge in [-0.25, -0.2) is 14.5 Å². The normalized spacial score (nSPS) is 17.1. The number of allylic oxidation sites excluding steroid dienone is 1. The molecule has 2 aromatic heterocycles. The molecule has 1 atom stereocenters. The van der Waals surface area contributed by atoms with E-state index >= 15 is 0 Å². The second kappa shape index (κ2) is 16.3.